The van der Waals surface area contributed by atoms with Gasteiger partial charge >= 0.3 is 0 Å². The Kier molecular flexibility index (Phi) is 4.01. The summed E-state index contributed by atoms with van der Waals surface area (Å²) in [6.07, 6.45) is 5.78. The van der Waals surface area contributed by atoms with Crippen LogP contribution >= 0.6 is 0 Å². The van der Waals surface area contributed by atoms with E-state index in [1.807, 2.05) is 25.1 Å². The second-order valence-electron chi connectivity index (χ2n) is 6.22. The highest BCUT2D eigenvalue weighted by molar-refractivity contribution is 5.17. The molecule has 1 saturated carbocycles. The number of aryl methyl sites for hydroxylation is 1. The topological polar surface area (TPSA) is 60.6 Å². The van der Waals surface area contributed by atoms with Gasteiger partial charge in [0.1, 0.15) is 23.7 Å². The van der Waals surface area contributed by atoms with Gasteiger partial charge in [-0.1, -0.05) is 5.16 Å². The van der Waals surface area contributed by atoms with E-state index >= 15 is 0 Å². The second-order valence-corrected chi connectivity index (χ2v) is 6.22. The number of hydrogen-bond acceptors (Lipinski definition) is 6. The molecule has 0 N–H and O–H groups in total. The monoisotopic (exact) mass is 315 g/mol. The molecule has 3 atom stereocenters. The second kappa shape index (κ2) is 6.29. The van der Waals surface area contributed by atoms with Crippen LogP contribution in [-0.2, 0) is 11.3 Å². The molecule has 2 aliphatic rings. The quantitative estimate of drug-likeness (QED) is 0.862. The number of pyridine rings is 1. The number of ether oxygens (including phenoxy) is 2. The summed E-state index contributed by atoms with van der Waals surface area (Å²) < 4.78 is 17.3. The van der Waals surface area contributed by atoms with Gasteiger partial charge < -0.3 is 14.0 Å². The summed E-state index contributed by atoms with van der Waals surface area (Å²) >= 11 is 0. The van der Waals surface area contributed by atoms with Gasteiger partial charge in [0, 0.05) is 31.4 Å². The van der Waals surface area contributed by atoms with Gasteiger partial charge in [-0.2, -0.15) is 0 Å². The molecule has 2 fully saturated rings. The predicted molar refractivity (Wildman–Crippen MR) is 83.1 cm³/mol. The average Bonchev–Trinajstić information content (AvgIpc) is 3.16. The largest absolute Gasteiger partial charge is 0.486 e. The Morgan fingerprint density at radius 2 is 2.35 bits per heavy atom. The number of nitrogens with zero attached hydrogens (tertiary/aromatic N) is 3. The molecule has 6 heteroatoms. The third kappa shape index (κ3) is 3.09. The highest BCUT2D eigenvalue weighted by Gasteiger charge is 2.44. The summed E-state index contributed by atoms with van der Waals surface area (Å²) in [4.78, 5) is 6.55. The fourth-order valence-corrected chi connectivity index (χ4v) is 3.61. The van der Waals surface area contributed by atoms with Crippen molar-refractivity contribution in [2.75, 3.05) is 13.2 Å². The first-order valence-corrected chi connectivity index (χ1v) is 8.14. The van der Waals surface area contributed by atoms with Crippen LogP contribution in [-0.4, -0.2) is 46.4 Å². The minimum atomic E-state index is 0.0889. The van der Waals surface area contributed by atoms with Gasteiger partial charge in [0.2, 0.25) is 0 Å². The summed E-state index contributed by atoms with van der Waals surface area (Å²) in [6.45, 7) is 4.38. The molecule has 23 heavy (non-hydrogen) atoms. The molecule has 0 unspecified atom stereocenters. The zero-order valence-corrected chi connectivity index (χ0v) is 13.2. The van der Waals surface area contributed by atoms with Crippen LogP contribution in [0.2, 0.25) is 0 Å². The maximum absolute atomic E-state index is 6.10. The Hall–Kier alpha value is -1.92. The molecule has 122 valence electrons. The fourth-order valence-electron chi connectivity index (χ4n) is 3.61. The highest BCUT2D eigenvalue weighted by atomic mass is 16.5. The molecular formula is C17H21N3O3. The maximum Gasteiger partial charge on any atom is 0.138 e. The van der Waals surface area contributed by atoms with Crippen molar-refractivity contribution in [3.8, 4) is 5.75 Å². The van der Waals surface area contributed by atoms with E-state index < -0.39 is 0 Å². The van der Waals surface area contributed by atoms with Crippen LogP contribution in [0.4, 0.5) is 0 Å². The Labute approximate surface area is 135 Å². The Bertz CT molecular complexity index is 646. The van der Waals surface area contributed by atoms with Crippen LogP contribution in [0.15, 0.2) is 35.1 Å². The minimum absolute atomic E-state index is 0.0889. The molecule has 2 aromatic heterocycles. The smallest absolute Gasteiger partial charge is 0.138 e. The van der Waals surface area contributed by atoms with E-state index in [1.165, 1.54) is 0 Å². The summed E-state index contributed by atoms with van der Waals surface area (Å²) in [6, 6.07) is 6.22. The Morgan fingerprint density at radius 3 is 3.13 bits per heavy atom. The number of hydrogen-bond donors (Lipinski definition) is 0. The lowest BCUT2D eigenvalue weighted by Crippen LogP contribution is -2.51. The lowest BCUT2D eigenvalue weighted by molar-refractivity contribution is -0.0920. The van der Waals surface area contributed by atoms with Crippen molar-refractivity contribution in [1.82, 2.24) is 15.0 Å². The first-order chi connectivity index (χ1) is 11.3. The lowest BCUT2D eigenvalue weighted by atomic mass is 10.1. The maximum atomic E-state index is 6.10. The van der Waals surface area contributed by atoms with E-state index in [1.54, 1.807) is 12.4 Å². The SMILES string of the molecule is Cc1cc(CN2CCO[C@H]3[C@@H](Oc4cccnc4)CC[C@@H]32)no1. The zero-order chi connectivity index (χ0) is 15.6. The van der Waals surface area contributed by atoms with E-state index in [-0.39, 0.29) is 12.2 Å². The molecule has 1 saturated heterocycles. The van der Waals surface area contributed by atoms with Crippen LogP contribution < -0.4 is 4.74 Å². The minimum Gasteiger partial charge on any atom is -0.486 e. The van der Waals surface area contributed by atoms with Crippen molar-refractivity contribution >= 4 is 0 Å². The predicted octanol–water partition coefficient (Wildman–Crippen LogP) is 2.19. The van der Waals surface area contributed by atoms with Crippen LogP contribution in [0.25, 0.3) is 0 Å². The van der Waals surface area contributed by atoms with E-state index in [4.69, 9.17) is 14.0 Å². The van der Waals surface area contributed by atoms with Crippen molar-refractivity contribution in [3.63, 3.8) is 0 Å². The van der Waals surface area contributed by atoms with Gasteiger partial charge in [-0.05, 0) is 31.9 Å². The molecule has 1 aliphatic heterocycles. The summed E-state index contributed by atoms with van der Waals surface area (Å²) in [7, 11) is 0. The Balaban J connectivity index is 1.43. The Morgan fingerprint density at radius 1 is 1.39 bits per heavy atom. The van der Waals surface area contributed by atoms with Gasteiger partial charge in [0.05, 0.1) is 18.5 Å². The highest BCUT2D eigenvalue weighted by Crippen LogP contribution is 2.33. The van der Waals surface area contributed by atoms with E-state index in [0.29, 0.717) is 6.04 Å². The zero-order valence-electron chi connectivity index (χ0n) is 13.2. The van der Waals surface area contributed by atoms with Crippen molar-refractivity contribution in [2.45, 2.75) is 44.6 Å². The third-order valence-corrected chi connectivity index (χ3v) is 4.61. The van der Waals surface area contributed by atoms with Crippen LogP contribution in [0.3, 0.4) is 0 Å². The van der Waals surface area contributed by atoms with E-state index in [9.17, 15) is 0 Å². The number of morpholine rings is 1. The standard InChI is InChI=1S/C17H21N3O3/c1-12-9-13(19-23-12)11-20-7-8-21-17-15(20)4-5-16(17)22-14-3-2-6-18-10-14/h2-3,6,9-10,15-17H,4-5,7-8,11H2,1H3/t15-,16-,17+/m0/s1. The van der Waals surface area contributed by atoms with Gasteiger partial charge in [-0.3, -0.25) is 9.88 Å². The molecule has 4 rings (SSSR count). The number of aromatic nitrogens is 2. The van der Waals surface area contributed by atoms with Crippen LogP contribution in [0.5, 0.6) is 5.75 Å². The third-order valence-electron chi connectivity index (χ3n) is 4.61. The van der Waals surface area contributed by atoms with Crippen molar-refractivity contribution < 1.29 is 14.0 Å². The molecule has 3 heterocycles. The van der Waals surface area contributed by atoms with Gasteiger partial charge in [0.25, 0.3) is 0 Å². The van der Waals surface area contributed by atoms with Gasteiger partial charge in [0.15, 0.2) is 0 Å². The molecule has 0 amide bonds. The summed E-state index contributed by atoms with van der Waals surface area (Å²) in [5, 5.41) is 4.11. The summed E-state index contributed by atoms with van der Waals surface area (Å²) in [5.41, 5.74) is 0.986. The number of fused-ring (bicyclic) bond motifs is 1. The van der Waals surface area contributed by atoms with Crippen molar-refractivity contribution in [2.24, 2.45) is 0 Å². The van der Waals surface area contributed by atoms with Crippen LogP contribution in [0, 0.1) is 6.92 Å². The van der Waals surface area contributed by atoms with E-state index in [0.717, 1.165) is 49.7 Å². The van der Waals surface area contributed by atoms with Crippen molar-refractivity contribution in [3.05, 3.63) is 42.0 Å². The van der Waals surface area contributed by atoms with Crippen molar-refractivity contribution in [1.29, 1.82) is 0 Å². The molecular weight excluding hydrogens is 294 g/mol. The molecule has 0 spiro atoms. The van der Waals surface area contributed by atoms with Gasteiger partial charge in [-0.25, -0.2) is 0 Å². The van der Waals surface area contributed by atoms with Gasteiger partial charge in [-0.15, -0.1) is 0 Å². The van der Waals surface area contributed by atoms with Crippen LogP contribution in [0.1, 0.15) is 24.3 Å². The molecule has 0 radical (unpaired) electrons. The molecule has 1 aliphatic carbocycles. The number of rotatable bonds is 4. The molecule has 6 nitrogen and oxygen atoms in total. The molecule has 0 aromatic carbocycles. The first-order valence-electron chi connectivity index (χ1n) is 8.14. The average molecular weight is 315 g/mol. The lowest BCUT2D eigenvalue weighted by Gasteiger charge is -2.38. The molecule has 0 bridgehead atoms. The van der Waals surface area contributed by atoms with E-state index in [2.05, 4.69) is 15.0 Å². The normalized spacial score (nSPS) is 27.8. The first kappa shape index (κ1) is 14.7. The summed E-state index contributed by atoms with van der Waals surface area (Å²) in [5.74, 6) is 1.67. The fraction of sp³-hybridized carbons (Fsp3) is 0.529. The molecule has 2 aromatic rings.